The van der Waals surface area contributed by atoms with Crippen LogP contribution in [0.15, 0.2) is 18.5 Å². The van der Waals surface area contributed by atoms with E-state index in [0.29, 0.717) is 34.4 Å². The van der Waals surface area contributed by atoms with Crippen LogP contribution >= 0.6 is 11.3 Å². The second-order valence-electron chi connectivity index (χ2n) is 7.06. The lowest BCUT2D eigenvalue weighted by atomic mass is 10.1. The molecule has 0 radical (unpaired) electrons. The van der Waals surface area contributed by atoms with Crippen molar-refractivity contribution in [2.75, 3.05) is 6.54 Å². The first-order valence-electron chi connectivity index (χ1n) is 8.12. The number of aryl methyl sites for hydroxylation is 1. The van der Waals surface area contributed by atoms with Crippen LogP contribution in [0.1, 0.15) is 42.6 Å². The maximum absolute atomic E-state index is 12.6. The van der Waals surface area contributed by atoms with Crippen molar-refractivity contribution in [3.05, 3.63) is 29.0 Å². The third kappa shape index (κ3) is 3.68. The van der Waals surface area contributed by atoms with Crippen molar-refractivity contribution in [3.63, 3.8) is 0 Å². The van der Waals surface area contributed by atoms with E-state index in [1.165, 1.54) is 11.3 Å². The molecule has 0 saturated carbocycles. The lowest BCUT2D eigenvalue weighted by molar-refractivity contribution is -0.131. The molecule has 25 heavy (non-hydrogen) atoms. The first-order chi connectivity index (χ1) is 11.8. The van der Waals surface area contributed by atoms with Gasteiger partial charge in [-0.25, -0.2) is 15.0 Å². The number of rotatable bonds is 3. The predicted octanol–water partition coefficient (Wildman–Crippen LogP) is 2.04. The highest BCUT2D eigenvalue weighted by atomic mass is 32.1. The maximum Gasteiger partial charge on any atom is 0.263 e. The highest BCUT2D eigenvalue weighted by Gasteiger charge is 2.37. The first kappa shape index (κ1) is 17.5. The standard InChI is InChI=1S/C17H21N5O2S/c1-10-13(25-16(20-10)14-18-6-5-7-19-14)15(24)21-11-8-12(23)22(9-11)17(2,3)4/h5-7,11H,8-9H2,1-4H3,(H,21,24). The summed E-state index contributed by atoms with van der Waals surface area (Å²) in [4.78, 5) is 39.8. The summed E-state index contributed by atoms with van der Waals surface area (Å²) in [5.41, 5.74) is 0.399. The number of thiazole rings is 1. The van der Waals surface area contributed by atoms with Gasteiger partial charge >= 0.3 is 0 Å². The van der Waals surface area contributed by atoms with Crippen LogP contribution in [0.2, 0.25) is 0 Å². The lowest BCUT2D eigenvalue weighted by Crippen LogP contribution is -2.44. The molecular weight excluding hydrogens is 338 g/mol. The molecule has 1 atom stereocenters. The van der Waals surface area contributed by atoms with Crippen molar-refractivity contribution < 1.29 is 9.59 Å². The van der Waals surface area contributed by atoms with Crippen molar-refractivity contribution in [2.45, 2.75) is 45.7 Å². The summed E-state index contributed by atoms with van der Waals surface area (Å²) in [5.74, 6) is 0.368. The van der Waals surface area contributed by atoms with E-state index in [0.717, 1.165) is 0 Å². The molecule has 2 aromatic heterocycles. The van der Waals surface area contributed by atoms with Gasteiger partial charge in [0.1, 0.15) is 4.88 Å². The molecule has 2 amide bonds. The molecule has 3 rings (SSSR count). The van der Waals surface area contributed by atoms with E-state index in [1.54, 1.807) is 30.3 Å². The number of aromatic nitrogens is 3. The van der Waals surface area contributed by atoms with Crippen LogP contribution in [0, 0.1) is 6.92 Å². The number of nitrogens with zero attached hydrogens (tertiary/aromatic N) is 4. The third-order valence-electron chi connectivity index (χ3n) is 4.03. The maximum atomic E-state index is 12.6. The normalized spacial score (nSPS) is 17.8. The third-order valence-corrected chi connectivity index (χ3v) is 5.18. The molecule has 132 valence electrons. The largest absolute Gasteiger partial charge is 0.346 e. The summed E-state index contributed by atoms with van der Waals surface area (Å²) in [6, 6.07) is 1.55. The molecule has 0 spiro atoms. The average molecular weight is 359 g/mol. The van der Waals surface area contributed by atoms with Gasteiger partial charge in [-0.1, -0.05) is 0 Å². The van der Waals surface area contributed by atoms with E-state index in [4.69, 9.17) is 0 Å². The number of carbonyl (C=O) groups is 2. The van der Waals surface area contributed by atoms with Crippen LogP contribution < -0.4 is 5.32 Å². The van der Waals surface area contributed by atoms with Gasteiger partial charge in [0, 0.05) is 30.9 Å². The van der Waals surface area contributed by atoms with Crippen molar-refractivity contribution >= 4 is 23.2 Å². The topological polar surface area (TPSA) is 88.1 Å². The second kappa shape index (κ2) is 6.51. The zero-order chi connectivity index (χ0) is 18.2. The number of carbonyl (C=O) groups excluding carboxylic acids is 2. The molecule has 1 fully saturated rings. The van der Waals surface area contributed by atoms with E-state index in [9.17, 15) is 9.59 Å². The Labute approximate surface area is 150 Å². The average Bonchev–Trinajstić information content (AvgIpc) is 3.11. The molecule has 3 heterocycles. The monoisotopic (exact) mass is 359 g/mol. The minimum absolute atomic E-state index is 0.0669. The minimum atomic E-state index is -0.241. The van der Waals surface area contributed by atoms with Gasteiger partial charge in [0.25, 0.3) is 5.91 Å². The smallest absolute Gasteiger partial charge is 0.263 e. The highest BCUT2D eigenvalue weighted by molar-refractivity contribution is 7.17. The Kier molecular flexibility index (Phi) is 4.55. The Balaban J connectivity index is 1.73. The zero-order valence-electron chi connectivity index (χ0n) is 14.7. The summed E-state index contributed by atoms with van der Waals surface area (Å²) in [5, 5.41) is 3.57. The van der Waals surface area contributed by atoms with Crippen LogP contribution in [0.25, 0.3) is 10.8 Å². The Morgan fingerprint density at radius 3 is 2.60 bits per heavy atom. The van der Waals surface area contributed by atoms with Crippen LogP contribution in [0.3, 0.4) is 0 Å². The van der Waals surface area contributed by atoms with E-state index in [-0.39, 0.29) is 23.4 Å². The van der Waals surface area contributed by atoms with Crippen LogP contribution in [0.5, 0.6) is 0 Å². The molecule has 7 nitrogen and oxygen atoms in total. The lowest BCUT2D eigenvalue weighted by Gasteiger charge is -2.32. The summed E-state index contributed by atoms with van der Waals surface area (Å²) >= 11 is 1.26. The Hall–Kier alpha value is -2.35. The quantitative estimate of drug-likeness (QED) is 0.906. The molecule has 8 heteroatoms. The summed E-state index contributed by atoms with van der Waals surface area (Å²) in [6.45, 7) is 8.30. The summed E-state index contributed by atoms with van der Waals surface area (Å²) < 4.78 is 0. The molecule has 1 saturated heterocycles. The van der Waals surface area contributed by atoms with Crippen molar-refractivity contribution in [3.8, 4) is 10.8 Å². The number of hydrogen-bond acceptors (Lipinski definition) is 6. The summed E-state index contributed by atoms with van der Waals surface area (Å²) in [7, 11) is 0. The van der Waals surface area contributed by atoms with Gasteiger partial charge in [0.05, 0.1) is 11.7 Å². The van der Waals surface area contributed by atoms with Gasteiger partial charge in [0.2, 0.25) is 5.91 Å². The molecule has 0 aliphatic carbocycles. The fraction of sp³-hybridized carbons (Fsp3) is 0.471. The SMILES string of the molecule is Cc1nc(-c2ncccn2)sc1C(=O)NC1CC(=O)N(C(C)(C)C)C1. The first-order valence-corrected chi connectivity index (χ1v) is 8.93. The van der Waals surface area contributed by atoms with Crippen molar-refractivity contribution in [1.82, 2.24) is 25.2 Å². The molecule has 1 aliphatic rings. The number of amides is 2. The molecule has 0 aromatic carbocycles. The van der Waals surface area contributed by atoms with E-state index in [1.807, 2.05) is 20.8 Å². The van der Waals surface area contributed by atoms with Gasteiger partial charge in [-0.05, 0) is 33.8 Å². The fourth-order valence-corrected chi connectivity index (χ4v) is 3.73. The number of hydrogen-bond donors (Lipinski definition) is 1. The Bertz CT molecular complexity index is 797. The van der Waals surface area contributed by atoms with Gasteiger partial charge in [0.15, 0.2) is 10.8 Å². The van der Waals surface area contributed by atoms with Crippen LogP contribution in [-0.4, -0.2) is 49.8 Å². The van der Waals surface area contributed by atoms with E-state index in [2.05, 4.69) is 20.3 Å². The zero-order valence-corrected chi connectivity index (χ0v) is 15.6. The van der Waals surface area contributed by atoms with Gasteiger partial charge in [-0.15, -0.1) is 11.3 Å². The molecule has 0 bridgehead atoms. The van der Waals surface area contributed by atoms with Gasteiger partial charge in [-0.3, -0.25) is 9.59 Å². The van der Waals surface area contributed by atoms with Crippen LogP contribution in [-0.2, 0) is 4.79 Å². The van der Waals surface area contributed by atoms with Crippen LogP contribution in [0.4, 0.5) is 0 Å². The Morgan fingerprint density at radius 1 is 1.32 bits per heavy atom. The van der Waals surface area contributed by atoms with Gasteiger partial charge in [-0.2, -0.15) is 0 Å². The molecular formula is C17H21N5O2S. The summed E-state index contributed by atoms with van der Waals surface area (Å²) in [6.07, 6.45) is 3.61. The molecule has 2 aromatic rings. The van der Waals surface area contributed by atoms with E-state index < -0.39 is 0 Å². The predicted molar refractivity (Wildman–Crippen MR) is 95.2 cm³/mol. The fourth-order valence-electron chi connectivity index (χ4n) is 2.82. The number of likely N-dealkylation sites (tertiary alicyclic amines) is 1. The number of nitrogens with one attached hydrogen (secondary N) is 1. The Morgan fingerprint density at radius 2 is 2.00 bits per heavy atom. The second-order valence-corrected chi connectivity index (χ2v) is 8.05. The van der Waals surface area contributed by atoms with Crippen molar-refractivity contribution in [1.29, 1.82) is 0 Å². The molecule has 1 unspecified atom stereocenters. The minimum Gasteiger partial charge on any atom is -0.346 e. The highest BCUT2D eigenvalue weighted by Crippen LogP contribution is 2.26. The molecule has 1 N–H and O–H groups in total. The molecule has 1 aliphatic heterocycles. The van der Waals surface area contributed by atoms with E-state index >= 15 is 0 Å². The van der Waals surface area contributed by atoms with Crippen molar-refractivity contribution in [2.24, 2.45) is 0 Å². The van der Waals surface area contributed by atoms with Gasteiger partial charge < -0.3 is 10.2 Å².